The molecule has 0 atom stereocenters. The molecule has 10 aromatic heterocycles. The van der Waals surface area contributed by atoms with Crippen molar-refractivity contribution in [1.29, 1.82) is 5.26 Å². The molecule has 0 unspecified atom stereocenters. The van der Waals surface area contributed by atoms with Crippen LogP contribution < -0.4 is 37.9 Å². The zero-order valence-electron chi connectivity index (χ0n) is 39.3. The topological polar surface area (TPSA) is 291 Å². The summed E-state index contributed by atoms with van der Waals surface area (Å²) >= 11 is 28.0. The minimum absolute atomic E-state index is 0. The van der Waals surface area contributed by atoms with E-state index in [4.69, 9.17) is 66.4 Å². The monoisotopic (exact) mass is 1400 g/mol. The molecule has 0 aliphatic heterocycles. The Morgan fingerprint density at radius 2 is 0.795 bits per heavy atom. The quantitative estimate of drug-likeness (QED) is 0.0660. The summed E-state index contributed by atoms with van der Waals surface area (Å²) in [5.41, 5.74) is 4.05. The van der Waals surface area contributed by atoms with E-state index in [-0.39, 0.29) is 64.6 Å². The van der Waals surface area contributed by atoms with Crippen molar-refractivity contribution in [3.05, 3.63) is 38.9 Å². The van der Waals surface area contributed by atoms with Crippen molar-refractivity contribution in [1.82, 2.24) is 71.7 Å². The first-order valence-corrected chi connectivity index (χ1v) is 27.4. The highest BCUT2D eigenvalue weighted by atomic mass is 79.9. The Labute approximate surface area is 506 Å². The Kier molecular flexibility index (Phi) is 30.3. The average Bonchev–Trinajstić information content (AvgIpc) is 4.27. The lowest BCUT2D eigenvalue weighted by Gasteiger charge is -2.04. The molecule has 0 radical (unpaired) electrons. The normalized spacial score (nSPS) is 9.94. The van der Waals surface area contributed by atoms with Crippen LogP contribution in [0.2, 0.25) is 10.4 Å². The van der Waals surface area contributed by atoms with Gasteiger partial charge in [0.15, 0.2) is 19.3 Å². The van der Waals surface area contributed by atoms with Crippen LogP contribution >= 0.6 is 129 Å². The summed E-state index contributed by atoms with van der Waals surface area (Å²) in [6, 6.07) is 3.15. The summed E-state index contributed by atoms with van der Waals surface area (Å²) < 4.78 is 61.5. The van der Waals surface area contributed by atoms with Crippen molar-refractivity contribution in [3.63, 3.8) is 0 Å². The number of aryl methyl sites for hydroxylation is 2. The molecule has 24 nitrogen and oxygen atoms in total. The van der Waals surface area contributed by atoms with Crippen LogP contribution in [0, 0.1) is 25.2 Å². The van der Waals surface area contributed by atoms with E-state index < -0.39 is 0 Å². The molecular formula is C44H55Br3Cl2N16O8S5. The lowest BCUT2D eigenvalue weighted by Crippen LogP contribution is -1.96. The third kappa shape index (κ3) is 16.4. The van der Waals surface area contributed by atoms with Crippen molar-refractivity contribution >= 4 is 180 Å². The fraction of sp³-hybridized carbons (Fsp3) is 0.409. The molecule has 0 aromatic carbocycles. The van der Waals surface area contributed by atoms with Crippen LogP contribution in [-0.4, -0.2) is 129 Å². The number of fused-ring (bicyclic) bond motifs is 5. The number of hydrogen-bond acceptors (Lipinski definition) is 29. The summed E-state index contributed by atoms with van der Waals surface area (Å²) in [6.45, 7) is 3.76. The van der Waals surface area contributed by atoms with E-state index in [0.717, 1.165) is 63.6 Å². The Morgan fingerprint density at radius 3 is 1.21 bits per heavy atom. The summed E-state index contributed by atoms with van der Waals surface area (Å²) in [7, 11) is 12.2. The van der Waals surface area contributed by atoms with Crippen LogP contribution in [0.15, 0.2) is 0 Å². The summed E-state index contributed by atoms with van der Waals surface area (Å²) in [4.78, 5) is 44.6. The molecule has 34 heteroatoms. The zero-order valence-corrected chi connectivity index (χ0v) is 49.7. The first-order chi connectivity index (χ1) is 35.2. The molecule has 78 heavy (non-hydrogen) atoms. The van der Waals surface area contributed by atoms with Crippen LogP contribution in [-0.2, 0) is 11.8 Å². The first kappa shape index (κ1) is 70.8. The molecule has 0 aliphatic rings. The minimum Gasteiger partial charge on any atom is -0.480 e. The number of nitrogens with zero attached hydrogens (tertiary/aromatic N) is 16. The van der Waals surface area contributed by atoms with E-state index in [9.17, 15) is 0 Å². The number of aromatic nitrogens is 15. The maximum absolute atomic E-state index is 8.67. The van der Waals surface area contributed by atoms with Gasteiger partial charge in [0.25, 0.3) is 0 Å². The molecule has 10 heterocycles. The van der Waals surface area contributed by atoms with Gasteiger partial charge in [-0.05, 0) is 83.1 Å². The highest BCUT2D eigenvalue weighted by Crippen LogP contribution is 2.40. The van der Waals surface area contributed by atoms with Crippen molar-refractivity contribution in [2.24, 2.45) is 0 Å². The van der Waals surface area contributed by atoms with E-state index in [1.54, 1.807) is 21.3 Å². The van der Waals surface area contributed by atoms with Crippen LogP contribution in [0.3, 0.4) is 0 Å². The molecule has 0 amide bonds. The number of ether oxygens (including phenoxy) is 8. The van der Waals surface area contributed by atoms with Gasteiger partial charge in [0.2, 0.25) is 28.8 Å². The van der Waals surface area contributed by atoms with Gasteiger partial charge in [0.05, 0.1) is 125 Å². The molecule has 0 aliphatic carbocycles. The van der Waals surface area contributed by atoms with E-state index >= 15 is 0 Å². The molecule has 0 fully saturated rings. The second-order valence-electron chi connectivity index (χ2n) is 13.2. The first-order valence-electron chi connectivity index (χ1n) is 19.8. The van der Waals surface area contributed by atoms with E-state index in [2.05, 4.69) is 119 Å². The molecule has 424 valence electrons. The summed E-state index contributed by atoms with van der Waals surface area (Å²) in [6.07, 6.45) is 0.214. The molecule has 0 spiro atoms. The van der Waals surface area contributed by atoms with Gasteiger partial charge in [-0.2, -0.15) is 67.0 Å². The van der Waals surface area contributed by atoms with Crippen LogP contribution in [0.4, 0.5) is 0 Å². The Morgan fingerprint density at radius 1 is 0.449 bits per heavy atom. The van der Waals surface area contributed by atoms with Gasteiger partial charge in [-0.1, -0.05) is 96.5 Å². The predicted molar refractivity (Wildman–Crippen MR) is 324 cm³/mol. The molecule has 10 rings (SSSR count). The van der Waals surface area contributed by atoms with Gasteiger partial charge in [-0.15, -0.1) is 0 Å². The third-order valence-corrected chi connectivity index (χ3v) is 14.8. The molecule has 0 saturated heterocycles. The standard InChI is InChI=1S/C9H8N4O2S.C8H7Br2N3O2S.C8H8BrN3O2S.C8H9N3O2S.C6H3Cl2N3S.5CH4/c1-14-7-6-5(3-4-10)13-16-8(6)12-9(11-7)15-2;1-14-6-3-4(5(9)10)13-16-7(3)12-8(11-6)15-2;1-13-6-5-4(3-9)12-15-7(5)11-8(10-6)14-2;1-4-5-6(12-2)9-8(13-3)10-7(5)14-11-4;1-2-3-4(7)9-6(8)10-5(3)12-11-2;;;;;/h3H2,1-2H3;5H,1-2H3;3H2,1-2H3;1-3H3;1H3;5*1H4. The number of hydrogen-bond donors (Lipinski definition) is 0. The van der Waals surface area contributed by atoms with Crippen molar-refractivity contribution < 1.29 is 37.9 Å². The molecule has 10 aromatic rings. The molecule has 0 saturated carbocycles. The SMILES string of the molecule is C.C.C.C.C.COc1nc(OC)c2c(C(Br)Br)nsc2n1.COc1nc(OC)c2c(C)nsc2n1.COc1nc(OC)c2c(CBr)nsc2n1.COc1nc(OC)c2c(CC#N)nsc2n1.Cc1nsc2nc(Cl)nc(Cl)c12. The predicted octanol–water partition coefficient (Wildman–Crippen LogP) is 13.4. The van der Waals surface area contributed by atoms with Gasteiger partial charge in [0.1, 0.15) is 13.7 Å². The smallest absolute Gasteiger partial charge is 0.320 e. The van der Waals surface area contributed by atoms with Gasteiger partial charge < -0.3 is 37.9 Å². The molecule has 0 bridgehead atoms. The van der Waals surface area contributed by atoms with Gasteiger partial charge in [-0.3, -0.25) is 0 Å². The lowest BCUT2D eigenvalue weighted by molar-refractivity contribution is 0.356. The number of nitriles is 1. The zero-order chi connectivity index (χ0) is 52.9. The maximum atomic E-state index is 8.67. The fourth-order valence-corrected chi connectivity index (χ4v) is 11.8. The lowest BCUT2D eigenvalue weighted by atomic mass is 10.2. The van der Waals surface area contributed by atoms with Crippen LogP contribution in [0.1, 0.15) is 69.3 Å². The molecule has 0 N–H and O–H groups in total. The second kappa shape index (κ2) is 33.4. The summed E-state index contributed by atoms with van der Waals surface area (Å²) in [5, 5.41) is 13.8. The van der Waals surface area contributed by atoms with E-state index in [1.807, 2.05) is 19.9 Å². The van der Waals surface area contributed by atoms with Crippen molar-refractivity contribution in [3.8, 4) is 53.6 Å². The van der Waals surface area contributed by atoms with Gasteiger partial charge in [-0.25, -0.2) is 9.97 Å². The second-order valence-corrected chi connectivity index (χ2v) is 21.3. The van der Waals surface area contributed by atoms with E-state index in [0.29, 0.717) is 61.9 Å². The summed E-state index contributed by atoms with van der Waals surface area (Å²) in [5.74, 6) is 1.87. The average molecular weight is 1410 g/mol. The minimum atomic E-state index is -0.0559. The highest BCUT2D eigenvalue weighted by molar-refractivity contribution is 9.24. The van der Waals surface area contributed by atoms with Crippen molar-refractivity contribution in [2.45, 2.75) is 66.5 Å². The Balaban J connectivity index is 0.000000481. The maximum Gasteiger partial charge on any atom is 0.320 e. The number of alkyl halides is 3. The van der Waals surface area contributed by atoms with Gasteiger partial charge in [0, 0.05) is 5.33 Å². The van der Waals surface area contributed by atoms with Crippen LogP contribution in [0.5, 0.6) is 47.6 Å². The van der Waals surface area contributed by atoms with Crippen LogP contribution in [0.25, 0.3) is 51.1 Å². The third-order valence-electron chi connectivity index (χ3n) is 8.99. The molecular weight excluding hydrogens is 1350 g/mol. The fourth-order valence-electron chi connectivity index (χ4n) is 5.79. The number of rotatable bonds is 11. The highest BCUT2D eigenvalue weighted by Gasteiger charge is 2.21. The van der Waals surface area contributed by atoms with E-state index in [1.165, 1.54) is 93.2 Å². The van der Waals surface area contributed by atoms with Gasteiger partial charge >= 0.3 is 24.0 Å². The van der Waals surface area contributed by atoms with Crippen molar-refractivity contribution in [2.75, 3.05) is 56.9 Å². The number of halogens is 5. The number of methoxy groups -OCH3 is 8. The Hall–Kier alpha value is -5.24. The largest absolute Gasteiger partial charge is 0.480 e. The Bertz CT molecular complexity index is 3550.